The summed E-state index contributed by atoms with van der Waals surface area (Å²) in [7, 11) is 3.26. The number of ether oxygens (including phenoxy) is 2. The van der Waals surface area contributed by atoms with Gasteiger partial charge in [-0.1, -0.05) is 23.5 Å². The fourth-order valence-corrected chi connectivity index (χ4v) is 2.66. The lowest BCUT2D eigenvalue weighted by atomic mass is 10.1. The molecule has 0 atom stereocenters. The number of halogens is 1. The SMILES string of the molecule is COCCNCC(=O)Nc1nnc(Cc2cccc(OC)c2)s1.Cl. The molecule has 9 heteroatoms. The molecule has 0 spiro atoms. The van der Waals surface area contributed by atoms with E-state index in [1.807, 2.05) is 24.3 Å². The van der Waals surface area contributed by atoms with E-state index < -0.39 is 0 Å². The molecule has 0 aliphatic rings. The number of aromatic nitrogens is 2. The van der Waals surface area contributed by atoms with Crippen LogP contribution >= 0.6 is 23.7 Å². The molecule has 0 aliphatic carbocycles. The van der Waals surface area contributed by atoms with Gasteiger partial charge in [0, 0.05) is 20.1 Å². The number of nitrogens with one attached hydrogen (secondary N) is 2. The van der Waals surface area contributed by atoms with Gasteiger partial charge in [-0.25, -0.2) is 0 Å². The highest BCUT2D eigenvalue weighted by atomic mass is 35.5. The molecular weight excluding hydrogens is 352 g/mol. The molecule has 1 heterocycles. The minimum absolute atomic E-state index is 0. The minimum Gasteiger partial charge on any atom is -0.497 e. The average molecular weight is 373 g/mol. The van der Waals surface area contributed by atoms with E-state index in [2.05, 4.69) is 20.8 Å². The van der Waals surface area contributed by atoms with Gasteiger partial charge in [0.25, 0.3) is 0 Å². The normalized spacial score (nSPS) is 10.1. The molecule has 24 heavy (non-hydrogen) atoms. The number of carbonyl (C=O) groups is 1. The molecule has 132 valence electrons. The number of amides is 1. The van der Waals surface area contributed by atoms with Crippen LogP contribution in [0.3, 0.4) is 0 Å². The van der Waals surface area contributed by atoms with Crippen LogP contribution in [0.25, 0.3) is 0 Å². The first-order chi connectivity index (χ1) is 11.2. The molecule has 0 radical (unpaired) electrons. The van der Waals surface area contributed by atoms with Gasteiger partial charge in [0.1, 0.15) is 10.8 Å². The average Bonchev–Trinajstić information content (AvgIpc) is 2.98. The van der Waals surface area contributed by atoms with Crippen molar-refractivity contribution in [2.45, 2.75) is 6.42 Å². The largest absolute Gasteiger partial charge is 0.497 e. The van der Waals surface area contributed by atoms with E-state index >= 15 is 0 Å². The first-order valence-corrected chi connectivity index (χ1v) is 7.97. The Morgan fingerprint density at radius 2 is 2.12 bits per heavy atom. The van der Waals surface area contributed by atoms with Crippen molar-refractivity contribution >= 4 is 34.8 Å². The van der Waals surface area contributed by atoms with Crippen molar-refractivity contribution in [3.05, 3.63) is 34.8 Å². The van der Waals surface area contributed by atoms with Crippen molar-refractivity contribution in [2.75, 3.05) is 39.2 Å². The molecule has 0 aliphatic heterocycles. The summed E-state index contributed by atoms with van der Waals surface area (Å²) < 4.78 is 10.1. The highest BCUT2D eigenvalue weighted by molar-refractivity contribution is 7.15. The highest BCUT2D eigenvalue weighted by Crippen LogP contribution is 2.20. The zero-order valence-electron chi connectivity index (χ0n) is 13.6. The maximum Gasteiger partial charge on any atom is 0.240 e. The van der Waals surface area contributed by atoms with Gasteiger partial charge in [-0.05, 0) is 17.7 Å². The quantitative estimate of drug-likeness (QED) is 0.652. The van der Waals surface area contributed by atoms with Crippen molar-refractivity contribution in [2.24, 2.45) is 0 Å². The van der Waals surface area contributed by atoms with Crippen LogP contribution in [-0.2, 0) is 16.0 Å². The minimum atomic E-state index is -0.148. The Morgan fingerprint density at radius 3 is 2.88 bits per heavy atom. The van der Waals surface area contributed by atoms with Crippen LogP contribution in [0.15, 0.2) is 24.3 Å². The molecule has 7 nitrogen and oxygen atoms in total. The van der Waals surface area contributed by atoms with E-state index in [1.54, 1.807) is 14.2 Å². The molecule has 0 saturated heterocycles. The highest BCUT2D eigenvalue weighted by Gasteiger charge is 2.09. The third kappa shape index (κ3) is 6.79. The standard InChI is InChI=1S/C15H20N4O3S.ClH/c1-21-7-6-16-10-13(20)17-15-19-18-14(23-15)9-11-4-3-5-12(8-11)22-2;/h3-5,8,16H,6-7,9-10H2,1-2H3,(H,17,19,20);1H. The fraction of sp³-hybridized carbons (Fsp3) is 0.400. The Kier molecular flexibility index (Phi) is 9.24. The Hall–Kier alpha value is -1.74. The summed E-state index contributed by atoms with van der Waals surface area (Å²) in [6.45, 7) is 1.41. The van der Waals surface area contributed by atoms with Gasteiger partial charge >= 0.3 is 0 Å². The molecule has 2 aromatic rings. The lowest BCUT2D eigenvalue weighted by molar-refractivity contribution is -0.115. The Balaban J connectivity index is 0.00000288. The molecule has 1 aromatic heterocycles. The van der Waals surface area contributed by atoms with Gasteiger partial charge in [-0.15, -0.1) is 22.6 Å². The van der Waals surface area contributed by atoms with E-state index in [-0.39, 0.29) is 24.9 Å². The zero-order valence-corrected chi connectivity index (χ0v) is 15.2. The number of anilines is 1. The lowest BCUT2D eigenvalue weighted by Gasteiger charge is -2.03. The summed E-state index contributed by atoms with van der Waals surface area (Å²) in [5, 5.41) is 15.1. The smallest absolute Gasteiger partial charge is 0.240 e. The Morgan fingerprint density at radius 1 is 1.29 bits per heavy atom. The molecule has 2 N–H and O–H groups in total. The number of carbonyl (C=O) groups excluding carboxylic acids is 1. The van der Waals surface area contributed by atoms with E-state index in [9.17, 15) is 4.79 Å². The molecule has 2 rings (SSSR count). The Labute approximate surface area is 151 Å². The number of nitrogens with zero attached hydrogens (tertiary/aromatic N) is 2. The fourth-order valence-electron chi connectivity index (χ4n) is 1.87. The van der Waals surface area contributed by atoms with Crippen LogP contribution in [-0.4, -0.2) is 50.0 Å². The second kappa shape index (κ2) is 10.9. The molecular formula is C15H21ClN4O3S. The van der Waals surface area contributed by atoms with Crippen molar-refractivity contribution < 1.29 is 14.3 Å². The van der Waals surface area contributed by atoms with Crippen LogP contribution in [0.5, 0.6) is 5.75 Å². The second-order valence-corrected chi connectivity index (χ2v) is 5.81. The van der Waals surface area contributed by atoms with E-state index in [1.165, 1.54) is 11.3 Å². The van der Waals surface area contributed by atoms with Gasteiger partial charge < -0.3 is 14.8 Å². The second-order valence-electron chi connectivity index (χ2n) is 4.75. The van der Waals surface area contributed by atoms with E-state index in [0.717, 1.165) is 16.3 Å². The summed E-state index contributed by atoms with van der Waals surface area (Å²) in [6, 6.07) is 7.79. The lowest BCUT2D eigenvalue weighted by Crippen LogP contribution is -2.30. The van der Waals surface area contributed by atoms with E-state index in [4.69, 9.17) is 9.47 Å². The van der Waals surface area contributed by atoms with Gasteiger partial charge in [0.05, 0.1) is 20.3 Å². The first-order valence-electron chi connectivity index (χ1n) is 7.16. The first kappa shape index (κ1) is 20.3. The summed E-state index contributed by atoms with van der Waals surface area (Å²) in [5.74, 6) is 0.660. The van der Waals surface area contributed by atoms with Gasteiger partial charge in [0.2, 0.25) is 11.0 Å². The van der Waals surface area contributed by atoms with Crippen LogP contribution in [0.2, 0.25) is 0 Å². The molecule has 0 fully saturated rings. The Bertz CT molecular complexity index is 639. The number of hydrogen-bond acceptors (Lipinski definition) is 7. The molecule has 0 saturated carbocycles. The maximum atomic E-state index is 11.7. The van der Waals surface area contributed by atoms with Crippen molar-refractivity contribution in [3.8, 4) is 5.75 Å². The maximum absolute atomic E-state index is 11.7. The predicted octanol–water partition coefficient (Wildman–Crippen LogP) is 1.73. The summed E-state index contributed by atoms with van der Waals surface area (Å²) in [6.07, 6.45) is 0.650. The molecule has 0 unspecified atom stereocenters. The van der Waals surface area contributed by atoms with E-state index in [0.29, 0.717) is 24.7 Å². The van der Waals surface area contributed by atoms with Gasteiger partial charge in [0.15, 0.2) is 0 Å². The van der Waals surface area contributed by atoms with Crippen LogP contribution < -0.4 is 15.4 Å². The molecule has 1 amide bonds. The third-order valence-electron chi connectivity index (χ3n) is 2.97. The number of hydrogen-bond donors (Lipinski definition) is 2. The van der Waals surface area contributed by atoms with Crippen molar-refractivity contribution in [3.63, 3.8) is 0 Å². The van der Waals surface area contributed by atoms with Crippen LogP contribution in [0.1, 0.15) is 10.6 Å². The topological polar surface area (TPSA) is 85.4 Å². The number of benzene rings is 1. The van der Waals surface area contributed by atoms with Crippen molar-refractivity contribution in [1.29, 1.82) is 0 Å². The monoisotopic (exact) mass is 372 g/mol. The van der Waals surface area contributed by atoms with Gasteiger partial charge in [-0.3, -0.25) is 10.1 Å². The zero-order chi connectivity index (χ0) is 16.5. The summed E-state index contributed by atoms with van der Waals surface area (Å²) >= 11 is 1.37. The van der Waals surface area contributed by atoms with Crippen LogP contribution in [0, 0.1) is 0 Å². The third-order valence-corrected chi connectivity index (χ3v) is 3.81. The number of rotatable bonds is 9. The molecule has 0 bridgehead atoms. The van der Waals surface area contributed by atoms with Gasteiger partial charge in [-0.2, -0.15) is 0 Å². The summed E-state index contributed by atoms with van der Waals surface area (Å²) in [5.41, 5.74) is 1.08. The number of methoxy groups -OCH3 is 2. The summed E-state index contributed by atoms with van der Waals surface area (Å²) in [4.78, 5) is 11.7. The van der Waals surface area contributed by atoms with Crippen LogP contribution in [0.4, 0.5) is 5.13 Å². The van der Waals surface area contributed by atoms with Crippen molar-refractivity contribution in [1.82, 2.24) is 15.5 Å². The predicted molar refractivity (Wildman–Crippen MR) is 96.3 cm³/mol. The molecule has 1 aromatic carbocycles.